The largest absolute Gasteiger partial charge is 0.378 e. The molecule has 148 valence electrons. The van der Waals surface area contributed by atoms with Crippen LogP contribution in [0.2, 0.25) is 0 Å². The lowest BCUT2D eigenvalue weighted by Crippen LogP contribution is -2.40. The van der Waals surface area contributed by atoms with E-state index in [4.69, 9.17) is 4.74 Å². The second kappa shape index (κ2) is 8.89. The summed E-state index contributed by atoms with van der Waals surface area (Å²) in [6, 6.07) is 11.2. The Balaban J connectivity index is 1.55. The van der Waals surface area contributed by atoms with Gasteiger partial charge in [0.2, 0.25) is 5.91 Å². The first-order valence-electron chi connectivity index (χ1n) is 9.52. The number of nitrogens with one attached hydrogen (secondary N) is 2. The molecule has 1 fully saturated rings. The first kappa shape index (κ1) is 19.9. The Kier molecular flexibility index (Phi) is 6.31. The van der Waals surface area contributed by atoms with E-state index in [1.54, 1.807) is 29.2 Å². The molecular formula is C22H27N3O3. The molecule has 0 radical (unpaired) electrons. The van der Waals surface area contributed by atoms with Crippen molar-refractivity contribution in [3.63, 3.8) is 0 Å². The molecule has 0 spiro atoms. The molecule has 1 aliphatic heterocycles. The smallest absolute Gasteiger partial charge is 0.254 e. The van der Waals surface area contributed by atoms with Gasteiger partial charge in [-0.25, -0.2) is 0 Å². The summed E-state index contributed by atoms with van der Waals surface area (Å²) in [5.74, 6) is -0.139. The van der Waals surface area contributed by atoms with Gasteiger partial charge < -0.3 is 20.3 Å². The van der Waals surface area contributed by atoms with Crippen LogP contribution in [0.3, 0.4) is 0 Å². The molecular weight excluding hydrogens is 354 g/mol. The number of nitrogens with zero attached hydrogens (tertiary/aromatic N) is 1. The van der Waals surface area contributed by atoms with E-state index >= 15 is 0 Å². The number of anilines is 2. The van der Waals surface area contributed by atoms with Gasteiger partial charge in [0.05, 0.1) is 19.8 Å². The van der Waals surface area contributed by atoms with Crippen LogP contribution in [0, 0.1) is 20.8 Å². The molecule has 1 heterocycles. The van der Waals surface area contributed by atoms with Crippen molar-refractivity contribution in [3.05, 3.63) is 58.7 Å². The Morgan fingerprint density at radius 1 is 1.00 bits per heavy atom. The lowest BCUT2D eigenvalue weighted by Gasteiger charge is -2.26. The highest BCUT2D eigenvalue weighted by atomic mass is 16.5. The van der Waals surface area contributed by atoms with Crippen LogP contribution in [0.1, 0.15) is 27.0 Å². The number of benzene rings is 2. The van der Waals surface area contributed by atoms with Crippen LogP contribution in [0.25, 0.3) is 0 Å². The third-order valence-electron chi connectivity index (χ3n) is 4.82. The van der Waals surface area contributed by atoms with E-state index in [0.717, 1.165) is 16.8 Å². The Morgan fingerprint density at radius 3 is 2.21 bits per heavy atom. The quantitative estimate of drug-likeness (QED) is 0.835. The van der Waals surface area contributed by atoms with Crippen molar-refractivity contribution in [2.45, 2.75) is 20.8 Å². The van der Waals surface area contributed by atoms with Gasteiger partial charge in [0.15, 0.2) is 0 Å². The Morgan fingerprint density at radius 2 is 1.61 bits per heavy atom. The molecule has 3 rings (SSSR count). The summed E-state index contributed by atoms with van der Waals surface area (Å²) in [6.07, 6.45) is 0. The summed E-state index contributed by atoms with van der Waals surface area (Å²) in [6.45, 7) is 8.68. The van der Waals surface area contributed by atoms with Crippen LogP contribution in [-0.2, 0) is 9.53 Å². The summed E-state index contributed by atoms with van der Waals surface area (Å²) in [7, 11) is 0. The second-order valence-corrected chi connectivity index (χ2v) is 7.16. The van der Waals surface area contributed by atoms with E-state index in [1.807, 2.05) is 13.8 Å². The molecule has 0 aliphatic carbocycles. The maximum atomic E-state index is 12.5. The number of hydrogen-bond acceptors (Lipinski definition) is 4. The molecule has 0 aromatic heterocycles. The lowest BCUT2D eigenvalue weighted by atomic mass is 10.1. The van der Waals surface area contributed by atoms with Crippen LogP contribution in [0.5, 0.6) is 0 Å². The SMILES string of the molecule is Cc1cc(C)c(NCC(=O)Nc2ccc(C(=O)N3CCOCC3)cc2)c(C)c1. The first-order chi connectivity index (χ1) is 13.4. The molecule has 2 N–H and O–H groups in total. The number of aryl methyl sites for hydroxylation is 3. The topological polar surface area (TPSA) is 70.7 Å². The number of hydrogen-bond donors (Lipinski definition) is 2. The summed E-state index contributed by atoms with van der Waals surface area (Å²) in [4.78, 5) is 26.5. The van der Waals surface area contributed by atoms with Gasteiger partial charge in [0, 0.05) is 30.0 Å². The number of ether oxygens (including phenoxy) is 1. The van der Waals surface area contributed by atoms with Crippen molar-refractivity contribution in [1.29, 1.82) is 0 Å². The van der Waals surface area contributed by atoms with Crippen LogP contribution in [-0.4, -0.2) is 49.6 Å². The monoisotopic (exact) mass is 381 g/mol. The molecule has 6 heteroatoms. The fourth-order valence-corrected chi connectivity index (χ4v) is 3.48. The van der Waals surface area contributed by atoms with Gasteiger partial charge in [0.1, 0.15) is 0 Å². The van der Waals surface area contributed by atoms with E-state index in [9.17, 15) is 9.59 Å². The molecule has 2 aromatic rings. The van der Waals surface area contributed by atoms with Crippen molar-refractivity contribution < 1.29 is 14.3 Å². The minimum absolute atomic E-state index is 0.00633. The number of amides is 2. The standard InChI is InChI=1S/C22H27N3O3/c1-15-12-16(2)21(17(3)13-15)23-14-20(26)24-19-6-4-18(5-7-19)22(27)25-8-10-28-11-9-25/h4-7,12-13,23H,8-11,14H2,1-3H3,(H,24,26). The Bertz CT molecular complexity index is 833. The second-order valence-electron chi connectivity index (χ2n) is 7.16. The molecule has 6 nitrogen and oxygen atoms in total. The maximum absolute atomic E-state index is 12.5. The fraction of sp³-hybridized carbons (Fsp3) is 0.364. The highest BCUT2D eigenvalue weighted by Gasteiger charge is 2.18. The zero-order valence-corrected chi connectivity index (χ0v) is 16.7. The predicted octanol–water partition coefficient (Wildman–Crippen LogP) is 3.13. The third-order valence-corrected chi connectivity index (χ3v) is 4.82. The number of carbonyl (C=O) groups excluding carboxylic acids is 2. The predicted molar refractivity (Wildman–Crippen MR) is 111 cm³/mol. The van der Waals surface area contributed by atoms with Crippen molar-refractivity contribution in [3.8, 4) is 0 Å². The molecule has 0 atom stereocenters. The molecule has 0 bridgehead atoms. The van der Waals surface area contributed by atoms with Gasteiger partial charge >= 0.3 is 0 Å². The molecule has 28 heavy (non-hydrogen) atoms. The van der Waals surface area contributed by atoms with E-state index in [-0.39, 0.29) is 18.4 Å². The molecule has 0 unspecified atom stereocenters. The lowest BCUT2D eigenvalue weighted by molar-refractivity contribution is -0.114. The summed E-state index contributed by atoms with van der Waals surface area (Å²) in [5.41, 5.74) is 5.73. The van der Waals surface area contributed by atoms with Crippen molar-refractivity contribution in [2.75, 3.05) is 43.5 Å². The number of carbonyl (C=O) groups is 2. The average molecular weight is 381 g/mol. The highest BCUT2D eigenvalue weighted by molar-refractivity contribution is 5.96. The molecule has 2 amide bonds. The van der Waals surface area contributed by atoms with E-state index in [1.165, 1.54) is 5.56 Å². The van der Waals surface area contributed by atoms with Gasteiger partial charge in [-0.05, 0) is 56.2 Å². The molecule has 1 aliphatic rings. The van der Waals surface area contributed by atoms with E-state index in [2.05, 4.69) is 29.7 Å². The van der Waals surface area contributed by atoms with Gasteiger partial charge in [-0.1, -0.05) is 17.7 Å². The van der Waals surface area contributed by atoms with Crippen molar-refractivity contribution >= 4 is 23.2 Å². The summed E-state index contributed by atoms with van der Waals surface area (Å²) >= 11 is 0. The normalized spacial score (nSPS) is 13.9. The van der Waals surface area contributed by atoms with Gasteiger partial charge in [-0.2, -0.15) is 0 Å². The zero-order chi connectivity index (χ0) is 20.1. The fourth-order valence-electron chi connectivity index (χ4n) is 3.48. The summed E-state index contributed by atoms with van der Waals surface area (Å²) < 4.78 is 5.28. The van der Waals surface area contributed by atoms with Crippen LogP contribution in [0.15, 0.2) is 36.4 Å². The van der Waals surface area contributed by atoms with E-state index in [0.29, 0.717) is 37.6 Å². The Hall–Kier alpha value is -2.86. The van der Waals surface area contributed by atoms with Gasteiger partial charge in [0.25, 0.3) is 5.91 Å². The molecule has 2 aromatic carbocycles. The number of rotatable bonds is 5. The van der Waals surface area contributed by atoms with Gasteiger partial charge in [-0.15, -0.1) is 0 Å². The minimum Gasteiger partial charge on any atom is -0.378 e. The number of morpholine rings is 1. The highest BCUT2D eigenvalue weighted by Crippen LogP contribution is 2.21. The van der Waals surface area contributed by atoms with Crippen molar-refractivity contribution in [2.24, 2.45) is 0 Å². The van der Waals surface area contributed by atoms with E-state index < -0.39 is 0 Å². The minimum atomic E-state index is -0.133. The third kappa shape index (κ3) is 4.89. The maximum Gasteiger partial charge on any atom is 0.254 e. The van der Waals surface area contributed by atoms with Gasteiger partial charge in [-0.3, -0.25) is 9.59 Å². The van der Waals surface area contributed by atoms with Crippen LogP contribution >= 0.6 is 0 Å². The average Bonchev–Trinajstić information content (AvgIpc) is 2.68. The molecule has 1 saturated heterocycles. The summed E-state index contributed by atoms with van der Waals surface area (Å²) in [5, 5.41) is 6.08. The zero-order valence-electron chi connectivity index (χ0n) is 16.7. The van der Waals surface area contributed by atoms with Crippen LogP contribution < -0.4 is 10.6 Å². The molecule has 0 saturated carbocycles. The van der Waals surface area contributed by atoms with Crippen LogP contribution in [0.4, 0.5) is 11.4 Å². The Labute approximate surface area is 165 Å². The van der Waals surface area contributed by atoms with Crippen molar-refractivity contribution in [1.82, 2.24) is 4.90 Å². The first-order valence-corrected chi connectivity index (χ1v) is 9.52.